The molecule has 0 fully saturated rings. The number of hydrogen-bond donors (Lipinski definition) is 2. The van der Waals surface area contributed by atoms with Gasteiger partial charge in [-0.1, -0.05) is 0 Å². The molecule has 0 unspecified atom stereocenters. The highest BCUT2D eigenvalue weighted by molar-refractivity contribution is 7.91. The van der Waals surface area contributed by atoms with E-state index in [9.17, 15) is 13.2 Å². The van der Waals surface area contributed by atoms with Gasteiger partial charge in [0.05, 0.1) is 24.7 Å². The van der Waals surface area contributed by atoms with Crippen LogP contribution in [0, 0.1) is 0 Å². The quantitative estimate of drug-likeness (QED) is 0.541. The molecule has 0 rings (SSSR count). The number of rotatable bonds is 6. The van der Waals surface area contributed by atoms with Crippen LogP contribution >= 0.6 is 0 Å². The number of carbonyl (C=O) groups is 1. The van der Waals surface area contributed by atoms with Gasteiger partial charge >= 0.3 is 6.09 Å². The molecule has 78 valence electrons. The molecule has 3 N–H and O–H groups in total. The van der Waals surface area contributed by atoms with Crippen molar-refractivity contribution in [3.8, 4) is 0 Å². The zero-order valence-electron chi connectivity index (χ0n) is 7.10. The van der Waals surface area contributed by atoms with Crippen molar-refractivity contribution in [1.82, 2.24) is 0 Å². The largest absolute Gasteiger partial charge is 0.450 e. The van der Waals surface area contributed by atoms with Gasteiger partial charge in [0, 0.05) is 0 Å². The number of ether oxygens (including phenoxy) is 1. The minimum Gasteiger partial charge on any atom is -0.450 e. The van der Waals surface area contributed by atoms with Gasteiger partial charge in [0.25, 0.3) is 0 Å². The molecule has 0 atom stereocenters. The Morgan fingerprint density at radius 2 is 2.00 bits per heavy atom. The summed E-state index contributed by atoms with van der Waals surface area (Å²) in [5.74, 6) is -0.371. The van der Waals surface area contributed by atoms with E-state index in [2.05, 4.69) is 10.5 Å². The Morgan fingerprint density at radius 3 is 2.46 bits per heavy atom. The van der Waals surface area contributed by atoms with Crippen molar-refractivity contribution in [3.05, 3.63) is 0 Å². The first kappa shape index (κ1) is 12.2. The van der Waals surface area contributed by atoms with Gasteiger partial charge < -0.3 is 15.6 Å². The van der Waals surface area contributed by atoms with Gasteiger partial charge in [-0.05, 0) is 6.42 Å². The minimum atomic E-state index is -3.21. The smallest absolute Gasteiger partial charge is 0.404 e. The lowest BCUT2D eigenvalue weighted by molar-refractivity contribution is 0.157. The number of nitrogens with two attached hydrogens (primary N) is 1. The second kappa shape index (κ2) is 5.76. The second-order valence-electron chi connectivity index (χ2n) is 2.40. The van der Waals surface area contributed by atoms with Crippen molar-refractivity contribution in [2.75, 3.05) is 24.7 Å². The van der Waals surface area contributed by atoms with Crippen LogP contribution < -0.4 is 5.73 Å². The van der Waals surface area contributed by atoms with Gasteiger partial charge in [-0.2, -0.15) is 0 Å². The lowest BCUT2D eigenvalue weighted by atomic mass is 10.5. The Kier molecular flexibility index (Phi) is 5.40. The lowest BCUT2D eigenvalue weighted by Gasteiger charge is -2.02. The Balaban J connectivity index is 3.58. The monoisotopic (exact) mass is 211 g/mol. The fraction of sp³-hybridized carbons (Fsp3) is 0.833. The molecule has 0 heterocycles. The Labute approximate surface area is 76.6 Å². The number of primary amides is 1. The summed E-state index contributed by atoms with van der Waals surface area (Å²) in [6.45, 7) is -0.404. The maximum absolute atomic E-state index is 10.9. The molecule has 0 saturated carbocycles. The summed E-state index contributed by atoms with van der Waals surface area (Å²) in [5.41, 5.74) is 4.65. The summed E-state index contributed by atoms with van der Waals surface area (Å²) in [5, 5.41) is 8.36. The number of amides is 1. The van der Waals surface area contributed by atoms with Crippen LogP contribution in [0.15, 0.2) is 0 Å². The lowest BCUT2D eigenvalue weighted by Crippen LogP contribution is -2.18. The van der Waals surface area contributed by atoms with Gasteiger partial charge in [0.2, 0.25) is 0 Å². The van der Waals surface area contributed by atoms with Crippen molar-refractivity contribution in [2.45, 2.75) is 6.42 Å². The number of carbonyl (C=O) groups excluding carboxylic acids is 1. The zero-order chi connectivity index (χ0) is 10.3. The fourth-order valence-corrected chi connectivity index (χ4v) is 1.73. The molecule has 13 heavy (non-hydrogen) atoms. The summed E-state index contributed by atoms with van der Waals surface area (Å²) in [6.07, 6.45) is -0.717. The number of aliphatic hydroxyl groups excluding tert-OH is 1. The molecule has 0 saturated heterocycles. The van der Waals surface area contributed by atoms with Gasteiger partial charge in [-0.3, -0.25) is 0 Å². The highest BCUT2D eigenvalue weighted by Gasteiger charge is 2.09. The highest BCUT2D eigenvalue weighted by Crippen LogP contribution is 1.94. The Hall–Kier alpha value is -0.820. The molecule has 0 aromatic heterocycles. The van der Waals surface area contributed by atoms with Crippen molar-refractivity contribution in [3.63, 3.8) is 0 Å². The van der Waals surface area contributed by atoms with Crippen LogP contribution in [-0.4, -0.2) is 44.3 Å². The van der Waals surface area contributed by atoms with E-state index in [0.29, 0.717) is 0 Å². The zero-order valence-corrected chi connectivity index (χ0v) is 7.92. The van der Waals surface area contributed by atoms with E-state index >= 15 is 0 Å². The van der Waals surface area contributed by atoms with E-state index in [1.54, 1.807) is 0 Å². The maximum Gasteiger partial charge on any atom is 0.404 e. The minimum absolute atomic E-state index is 0.0139. The average Bonchev–Trinajstić information content (AvgIpc) is 1.98. The molecule has 0 bridgehead atoms. The first-order valence-corrected chi connectivity index (χ1v) is 5.53. The molecular formula is C6H13NO5S. The standard InChI is InChI=1S/C6H13NO5S/c7-6(9)12-3-1-4-13(10,11)5-2-8/h8H,1-5H2,(H2,7,9). The topological polar surface area (TPSA) is 107 Å². The molecular weight excluding hydrogens is 198 g/mol. The SMILES string of the molecule is NC(=O)OCCCS(=O)(=O)CCO. The molecule has 1 amide bonds. The number of sulfone groups is 1. The predicted molar refractivity (Wildman–Crippen MR) is 45.9 cm³/mol. The molecule has 6 nitrogen and oxygen atoms in total. The van der Waals surface area contributed by atoms with Crippen LogP contribution in [0.2, 0.25) is 0 Å². The summed E-state index contributed by atoms with van der Waals surface area (Å²) in [7, 11) is -3.21. The van der Waals surface area contributed by atoms with Gasteiger partial charge in [0.1, 0.15) is 0 Å². The van der Waals surface area contributed by atoms with E-state index in [1.807, 2.05) is 0 Å². The van der Waals surface area contributed by atoms with Crippen molar-refractivity contribution >= 4 is 15.9 Å². The van der Waals surface area contributed by atoms with E-state index in [4.69, 9.17) is 5.11 Å². The molecule has 0 aromatic carbocycles. The van der Waals surface area contributed by atoms with Crippen molar-refractivity contribution in [1.29, 1.82) is 0 Å². The van der Waals surface area contributed by atoms with Crippen molar-refractivity contribution in [2.24, 2.45) is 5.73 Å². The van der Waals surface area contributed by atoms with Crippen LogP contribution in [0.5, 0.6) is 0 Å². The molecule has 0 aromatic rings. The Bertz CT molecular complexity index is 248. The molecule has 0 aliphatic carbocycles. The van der Waals surface area contributed by atoms with E-state index in [0.717, 1.165) is 0 Å². The summed E-state index contributed by atoms with van der Waals surface area (Å²) in [4.78, 5) is 10.1. The van der Waals surface area contributed by atoms with Crippen molar-refractivity contribution < 1.29 is 23.1 Å². The van der Waals surface area contributed by atoms with Gasteiger partial charge in [-0.25, -0.2) is 13.2 Å². The summed E-state index contributed by atoms with van der Waals surface area (Å²) < 4.78 is 26.2. The van der Waals surface area contributed by atoms with Crippen LogP contribution in [0.25, 0.3) is 0 Å². The summed E-state index contributed by atoms with van der Waals surface area (Å²) >= 11 is 0. The van der Waals surface area contributed by atoms with E-state index < -0.39 is 15.9 Å². The Morgan fingerprint density at radius 1 is 1.38 bits per heavy atom. The van der Waals surface area contributed by atoms with E-state index in [1.165, 1.54) is 0 Å². The first-order chi connectivity index (χ1) is 5.98. The second-order valence-corrected chi connectivity index (χ2v) is 4.70. The fourth-order valence-electron chi connectivity index (χ4n) is 0.693. The number of hydrogen-bond acceptors (Lipinski definition) is 5. The first-order valence-electron chi connectivity index (χ1n) is 3.71. The van der Waals surface area contributed by atoms with Crippen LogP contribution in [0.1, 0.15) is 6.42 Å². The predicted octanol–water partition coefficient (Wildman–Crippen LogP) is -1.12. The highest BCUT2D eigenvalue weighted by atomic mass is 32.2. The average molecular weight is 211 g/mol. The number of aliphatic hydroxyl groups is 1. The summed E-state index contributed by atoms with van der Waals surface area (Å²) in [6, 6.07) is 0. The molecule has 0 aliphatic heterocycles. The normalized spacial score (nSPS) is 11.2. The molecule has 7 heteroatoms. The van der Waals surface area contributed by atoms with Gasteiger partial charge in [-0.15, -0.1) is 0 Å². The maximum atomic E-state index is 10.9. The third-order valence-electron chi connectivity index (χ3n) is 1.25. The van der Waals surface area contributed by atoms with Crippen LogP contribution in [0.3, 0.4) is 0 Å². The molecule has 0 spiro atoms. The van der Waals surface area contributed by atoms with Crippen LogP contribution in [0.4, 0.5) is 4.79 Å². The third-order valence-corrected chi connectivity index (χ3v) is 2.96. The third kappa shape index (κ3) is 7.54. The van der Waals surface area contributed by atoms with Crippen LogP contribution in [-0.2, 0) is 14.6 Å². The van der Waals surface area contributed by atoms with Gasteiger partial charge in [0.15, 0.2) is 9.84 Å². The van der Waals surface area contributed by atoms with E-state index in [-0.39, 0.29) is 31.1 Å². The molecule has 0 aliphatic rings. The molecule has 0 radical (unpaired) electrons.